The summed E-state index contributed by atoms with van der Waals surface area (Å²) in [6, 6.07) is 0. The molecule has 54 valence electrons. The minimum absolute atomic E-state index is 0.0559. The van der Waals surface area contributed by atoms with Gasteiger partial charge in [0.25, 0.3) is 0 Å². The van der Waals surface area contributed by atoms with E-state index in [1.54, 1.807) is 0 Å². The van der Waals surface area contributed by atoms with Gasteiger partial charge in [0, 0.05) is 6.08 Å². The lowest BCUT2D eigenvalue weighted by molar-refractivity contribution is -0.733. The van der Waals surface area contributed by atoms with Crippen LogP contribution in [0.1, 0.15) is 0 Å². The zero-order valence-electron chi connectivity index (χ0n) is 5.07. The van der Waals surface area contributed by atoms with Crippen LogP contribution >= 0.6 is 0 Å². The molecule has 0 aliphatic carbocycles. The van der Waals surface area contributed by atoms with Crippen LogP contribution in [0.4, 0.5) is 0 Å². The number of aliphatic imine (C=N–C) groups is 1. The van der Waals surface area contributed by atoms with E-state index in [2.05, 4.69) is 4.99 Å². The summed E-state index contributed by atoms with van der Waals surface area (Å²) in [5.41, 5.74) is -0.0559. The van der Waals surface area contributed by atoms with Gasteiger partial charge in [-0.05, 0) is 0 Å². The lowest BCUT2D eigenvalue weighted by atomic mass is 10.4. The third-order valence-electron chi connectivity index (χ3n) is 1.06. The normalized spacial score (nSPS) is 24.1. The summed E-state index contributed by atoms with van der Waals surface area (Å²) in [7, 11) is 0. The lowest BCUT2D eigenvalue weighted by Crippen LogP contribution is -3.06. The van der Waals surface area contributed by atoms with Crippen LogP contribution in [0.5, 0.6) is 0 Å². The first kappa shape index (κ1) is 6.91. The van der Waals surface area contributed by atoms with E-state index in [4.69, 9.17) is 5.11 Å². The second-order valence-corrected chi connectivity index (χ2v) is 1.82. The van der Waals surface area contributed by atoms with E-state index in [1.165, 1.54) is 6.08 Å². The van der Waals surface area contributed by atoms with E-state index >= 15 is 0 Å². The molecular weight excluding hydrogens is 136 g/mol. The number of carboxylic acids is 1. The van der Waals surface area contributed by atoms with Gasteiger partial charge in [0.1, 0.15) is 6.54 Å². The van der Waals surface area contributed by atoms with Crippen LogP contribution in [-0.4, -0.2) is 24.0 Å². The van der Waals surface area contributed by atoms with Gasteiger partial charge in [-0.15, -0.1) is 0 Å². The molecule has 1 atom stereocenters. The smallest absolute Gasteiger partial charge is 0.354 e. The van der Waals surface area contributed by atoms with Gasteiger partial charge in [0.15, 0.2) is 12.0 Å². The number of carbonyl (C=O) groups is 1. The van der Waals surface area contributed by atoms with Crippen LogP contribution in [-0.2, 0) is 4.79 Å². The molecule has 10 heavy (non-hydrogen) atoms. The van der Waals surface area contributed by atoms with E-state index in [0.29, 0.717) is 0 Å². The Kier molecular flexibility index (Phi) is 1.79. The number of hydroxylamine groups is 2. The van der Waals surface area contributed by atoms with E-state index in [0.717, 1.165) is 6.34 Å². The molecule has 2 N–H and O–H groups in total. The highest BCUT2D eigenvalue weighted by molar-refractivity contribution is 5.87. The Balaban J connectivity index is 2.67. The number of rotatable bonds is 1. The second kappa shape index (κ2) is 2.59. The summed E-state index contributed by atoms with van der Waals surface area (Å²) in [4.78, 5) is 13.6. The topological polar surface area (TPSA) is 77.2 Å². The van der Waals surface area contributed by atoms with Gasteiger partial charge in [-0.25, -0.2) is 4.79 Å². The SMILES string of the molecule is O=C(O)C1=CC[NH+]([O-])C=N1. The van der Waals surface area contributed by atoms with Crippen LogP contribution in [0, 0.1) is 5.21 Å². The standard InChI is InChI=1S/C5H6N2O3/c8-5(9)4-1-2-7(10)3-6-4/h1,3,7H,2H2,(H,8,9). The van der Waals surface area contributed by atoms with Gasteiger partial charge in [-0.1, -0.05) is 0 Å². The molecule has 5 nitrogen and oxygen atoms in total. The summed E-state index contributed by atoms with van der Waals surface area (Å²) in [5, 5.41) is 18.6. The molecule has 0 saturated carbocycles. The molecule has 0 spiro atoms. The number of quaternary nitrogens is 1. The lowest BCUT2D eigenvalue weighted by Gasteiger charge is -2.16. The molecule has 1 rings (SSSR count). The highest BCUT2D eigenvalue weighted by Gasteiger charge is 2.09. The first-order valence-corrected chi connectivity index (χ1v) is 2.70. The Labute approximate surface area is 56.9 Å². The van der Waals surface area contributed by atoms with Gasteiger partial charge in [0.2, 0.25) is 0 Å². The second-order valence-electron chi connectivity index (χ2n) is 1.82. The van der Waals surface area contributed by atoms with Crippen LogP contribution in [0.25, 0.3) is 0 Å². The number of hydrogen-bond acceptors (Lipinski definition) is 3. The first-order valence-electron chi connectivity index (χ1n) is 2.70. The maximum Gasteiger partial charge on any atom is 0.354 e. The van der Waals surface area contributed by atoms with Crippen LogP contribution in [0.3, 0.4) is 0 Å². The highest BCUT2D eigenvalue weighted by Crippen LogP contribution is 1.94. The quantitative estimate of drug-likeness (QED) is 0.432. The molecule has 0 fully saturated rings. The minimum atomic E-state index is -1.09. The average Bonchev–Trinajstić information content (AvgIpc) is 1.88. The van der Waals surface area contributed by atoms with Crippen molar-refractivity contribution in [1.29, 1.82) is 0 Å². The van der Waals surface area contributed by atoms with Gasteiger partial charge in [-0.2, -0.15) is 4.99 Å². The van der Waals surface area contributed by atoms with E-state index in [-0.39, 0.29) is 17.3 Å². The van der Waals surface area contributed by atoms with Gasteiger partial charge in [-0.3, -0.25) is 0 Å². The number of nitrogens with zero attached hydrogens (tertiary/aromatic N) is 1. The summed E-state index contributed by atoms with van der Waals surface area (Å²) in [6.45, 7) is 0.144. The van der Waals surface area contributed by atoms with Gasteiger partial charge in [0.05, 0.1) is 0 Å². The zero-order chi connectivity index (χ0) is 7.56. The van der Waals surface area contributed by atoms with Crippen molar-refractivity contribution in [2.75, 3.05) is 6.54 Å². The van der Waals surface area contributed by atoms with Crippen molar-refractivity contribution in [3.8, 4) is 0 Å². The fraction of sp³-hybridized carbons (Fsp3) is 0.200. The molecule has 1 heterocycles. The van der Waals surface area contributed by atoms with Crippen LogP contribution < -0.4 is 5.06 Å². The number of aliphatic carboxylic acids is 1. The molecule has 5 heteroatoms. The Morgan fingerprint density at radius 3 is 3.00 bits per heavy atom. The van der Waals surface area contributed by atoms with E-state index < -0.39 is 5.97 Å². The maximum atomic E-state index is 10.4. The summed E-state index contributed by atoms with van der Waals surface area (Å²) < 4.78 is 0. The molecule has 0 aromatic carbocycles. The molecule has 0 saturated heterocycles. The van der Waals surface area contributed by atoms with Crippen molar-refractivity contribution in [2.45, 2.75) is 0 Å². The molecule has 0 aromatic rings. The van der Waals surface area contributed by atoms with E-state index in [1.807, 2.05) is 0 Å². The number of hydrogen-bond donors (Lipinski definition) is 2. The number of nitrogens with one attached hydrogen (secondary N) is 1. The van der Waals surface area contributed by atoms with Gasteiger partial charge >= 0.3 is 5.97 Å². The molecule has 0 aromatic heterocycles. The first-order chi connectivity index (χ1) is 4.70. The Hall–Kier alpha value is -1.20. The molecule has 1 aliphatic heterocycles. The Morgan fingerprint density at radius 1 is 1.90 bits per heavy atom. The average molecular weight is 142 g/mol. The van der Waals surface area contributed by atoms with E-state index in [9.17, 15) is 10.0 Å². The molecule has 0 radical (unpaired) electrons. The van der Waals surface area contributed by atoms with Gasteiger partial charge < -0.3 is 15.4 Å². The fourth-order valence-corrected chi connectivity index (χ4v) is 0.587. The zero-order valence-corrected chi connectivity index (χ0v) is 5.07. The van der Waals surface area contributed by atoms with Crippen molar-refractivity contribution in [1.82, 2.24) is 0 Å². The molecule has 1 unspecified atom stereocenters. The van der Waals surface area contributed by atoms with Crippen LogP contribution in [0.2, 0.25) is 0 Å². The summed E-state index contributed by atoms with van der Waals surface area (Å²) in [6.07, 6.45) is 2.33. The molecular formula is C5H6N2O3. The monoisotopic (exact) mass is 142 g/mol. The maximum absolute atomic E-state index is 10.4. The predicted molar refractivity (Wildman–Crippen MR) is 33.4 cm³/mol. The fourth-order valence-electron chi connectivity index (χ4n) is 0.587. The molecule has 0 amide bonds. The highest BCUT2D eigenvalue weighted by atomic mass is 16.5. The molecule has 1 aliphatic rings. The third kappa shape index (κ3) is 1.40. The van der Waals surface area contributed by atoms with Crippen molar-refractivity contribution < 1.29 is 15.0 Å². The summed E-state index contributed by atoms with van der Waals surface area (Å²) in [5.74, 6) is -1.09. The van der Waals surface area contributed by atoms with Crippen molar-refractivity contribution in [3.63, 3.8) is 0 Å². The van der Waals surface area contributed by atoms with Crippen LogP contribution in [0.15, 0.2) is 16.8 Å². The van der Waals surface area contributed by atoms with Crippen molar-refractivity contribution in [3.05, 3.63) is 17.0 Å². The largest absolute Gasteiger partial charge is 0.628 e. The Morgan fingerprint density at radius 2 is 2.60 bits per heavy atom. The van der Waals surface area contributed by atoms with Crippen molar-refractivity contribution >= 4 is 12.3 Å². The third-order valence-corrected chi connectivity index (χ3v) is 1.06. The molecule has 0 bridgehead atoms. The minimum Gasteiger partial charge on any atom is -0.628 e. The Bertz CT molecular complexity index is 209. The summed E-state index contributed by atoms with van der Waals surface area (Å²) >= 11 is 0. The van der Waals surface area contributed by atoms with Crippen molar-refractivity contribution in [2.24, 2.45) is 4.99 Å². The number of carboxylic acid groups (broad SMARTS) is 1. The predicted octanol–water partition coefficient (Wildman–Crippen LogP) is -1.62.